The van der Waals surface area contributed by atoms with E-state index in [0.717, 1.165) is 29.9 Å². The van der Waals surface area contributed by atoms with Gasteiger partial charge < -0.3 is 14.4 Å². The molecular formula is C26H38FN3O4S2. The molecule has 2 rings (SSSR count). The second-order valence-electron chi connectivity index (χ2n) is 9.62. The van der Waals surface area contributed by atoms with Crippen molar-refractivity contribution in [1.82, 2.24) is 14.9 Å². The van der Waals surface area contributed by atoms with Crippen LogP contribution in [-0.2, 0) is 20.8 Å². The van der Waals surface area contributed by atoms with Gasteiger partial charge in [0.15, 0.2) is 0 Å². The van der Waals surface area contributed by atoms with Gasteiger partial charge in [-0.1, -0.05) is 33.1 Å². The number of pyridine rings is 1. The van der Waals surface area contributed by atoms with Crippen molar-refractivity contribution in [3.05, 3.63) is 29.3 Å². The fourth-order valence-electron chi connectivity index (χ4n) is 3.26. The van der Waals surface area contributed by atoms with Gasteiger partial charge in [-0.25, -0.2) is 14.8 Å². The van der Waals surface area contributed by atoms with Crippen LogP contribution in [0.1, 0.15) is 71.7 Å². The predicted molar refractivity (Wildman–Crippen MR) is 143 cm³/mol. The Bertz CT molecular complexity index is 994. The van der Waals surface area contributed by atoms with Crippen LogP contribution in [0.2, 0.25) is 0 Å². The highest BCUT2D eigenvalue weighted by molar-refractivity contribution is 8.01. The lowest BCUT2D eigenvalue weighted by molar-refractivity contribution is -0.144. The van der Waals surface area contributed by atoms with Crippen molar-refractivity contribution in [2.24, 2.45) is 5.92 Å². The van der Waals surface area contributed by atoms with Crippen LogP contribution in [0, 0.1) is 11.9 Å². The molecule has 10 heteroatoms. The largest absolute Gasteiger partial charge is 0.465 e. The first-order valence-electron chi connectivity index (χ1n) is 12.4. The Hall–Kier alpha value is -2.20. The third-order valence-corrected chi connectivity index (χ3v) is 7.60. The molecule has 0 aliphatic rings. The first-order valence-corrected chi connectivity index (χ1v) is 14.2. The molecule has 0 radical (unpaired) electrons. The van der Waals surface area contributed by atoms with Gasteiger partial charge in [0.2, 0.25) is 5.95 Å². The summed E-state index contributed by atoms with van der Waals surface area (Å²) in [4.78, 5) is 34.5. The van der Waals surface area contributed by atoms with Crippen molar-refractivity contribution in [3.8, 4) is 11.3 Å². The second-order valence-corrected chi connectivity index (χ2v) is 12.1. The Morgan fingerprint density at radius 2 is 2.03 bits per heavy atom. The number of halogens is 1. The van der Waals surface area contributed by atoms with E-state index in [4.69, 9.17) is 9.47 Å². The molecule has 0 saturated heterocycles. The van der Waals surface area contributed by atoms with Gasteiger partial charge in [-0.2, -0.15) is 4.39 Å². The highest BCUT2D eigenvalue weighted by Gasteiger charge is 2.23. The molecule has 7 nitrogen and oxygen atoms in total. The predicted octanol–water partition coefficient (Wildman–Crippen LogP) is 6.95. The molecule has 0 bridgehead atoms. The summed E-state index contributed by atoms with van der Waals surface area (Å²) < 4.78 is 26.1. The van der Waals surface area contributed by atoms with E-state index in [1.807, 2.05) is 0 Å². The molecule has 2 aromatic heterocycles. The number of carbonyl (C=O) groups is 2. The second kappa shape index (κ2) is 14.5. The summed E-state index contributed by atoms with van der Waals surface area (Å²) in [6, 6.07) is 3.27. The van der Waals surface area contributed by atoms with Gasteiger partial charge in [0, 0.05) is 19.0 Å². The topological polar surface area (TPSA) is 81.6 Å². The lowest BCUT2D eigenvalue weighted by atomic mass is 10.0. The van der Waals surface area contributed by atoms with Crippen molar-refractivity contribution in [2.75, 3.05) is 19.4 Å². The number of thioether (sulfide) groups is 1. The number of thiazole rings is 1. The monoisotopic (exact) mass is 539 g/mol. The molecule has 36 heavy (non-hydrogen) atoms. The number of rotatable bonds is 13. The zero-order chi connectivity index (χ0) is 26.7. The lowest BCUT2D eigenvalue weighted by Gasteiger charge is -2.24. The summed E-state index contributed by atoms with van der Waals surface area (Å²) >= 11 is 2.79. The maximum Gasteiger partial charge on any atom is 0.410 e. The van der Waals surface area contributed by atoms with Gasteiger partial charge in [-0.05, 0) is 45.2 Å². The van der Waals surface area contributed by atoms with Crippen LogP contribution < -0.4 is 0 Å². The summed E-state index contributed by atoms with van der Waals surface area (Å²) in [5.74, 6) is 0.0192. The number of nitrogens with zero attached hydrogens (tertiary/aromatic N) is 3. The van der Waals surface area contributed by atoms with Gasteiger partial charge in [0.05, 0.1) is 35.0 Å². The van der Waals surface area contributed by atoms with Gasteiger partial charge in [-0.15, -0.1) is 23.1 Å². The van der Waals surface area contributed by atoms with Gasteiger partial charge >= 0.3 is 12.1 Å². The minimum Gasteiger partial charge on any atom is -0.465 e. The van der Waals surface area contributed by atoms with E-state index in [9.17, 15) is 14.0 Å². The SMILES string of the molecule is CCCCC(CC)COC(=O)CCSc1sc(CN(C)C(=O)OC(C)(C)C)nc1-c1cccnc1F. The third kappa shape index (κ3) is 10.0. The number of ether oxygens (including phenoxy) is 2. The lowest BCUT2D eigenvalue weighted by Crippen LogP contribution is -2.33. The van der Waals surface area contributed by atoms with Crippen molar-refractivity contribution in [2.45, 2.75) is 83.1 Å². The molecule has 0 aromatic carbocycles. The van der Waals surface area contributed by atoms with E-state index < -0.39 is 17.6 Å². The van der Waals surface area contributed by atoms with E-state index in [1.54, 1.807) is 40.0 Å². The van der Waals surface area contributed by atoms with Gasteiger partial charge in [0.25, 0.3) is 0 Å². The van der Waals surface area contributed by atoms with E-state index in [-0.39, 0.29) is 24.5 Å². The van der Waals surface area contributed by atoms with E-state index in [1.165, 1.54) is 34.2 Å². The number of amides is 1. The molecular weight excluding hydrogens is 501 g/mol. The van der Waals surface area contributed by atoms with Crippen LogP contribution in [0.3, 0.4) is 0 Å². The van der Waals surface area contributed by atoms with Crippen LogP contribution in [0.15, 0.2) is 22.5 Å². The quantitative estimate of drug-likeness (QED) is 0.155. The third-order valence-electron chi connectivity index (χ3n) is 5.29. The number of unbranched alkanes of at least 4 members (excludes halogenated alkanes) is 1. The molecule has 2 aromatic rings. The normalized spacial score (nSPS) is 12.3. The average Bonchev–Trinajstić information content (AvgIpc) is 3.20. The Morgan fingerprint density at radius 1 is 1.28 bits per heavy atom. The van der Waals surface area contributed by atoms with E-state index in [0.29, 0.717) is 29.0 Å². The molecule has 0 fully saturated rings. The molecule has 0 aliphatic carbocycles. The van der Waals surface area contributed by atoms with E-state index >= 15 is 0 Å². The van der Waals surface area contributed by atoms with Gasteiger partial charge in [0.1, 0.15) is 10.6 Å². The Balaban J connectivity index is 2.06. The molecule has 0 saturated carbocycles. The van der Waals surface area contributed by atoms with Crippen molar-refractivity contribution >= 4 is 35.2 Å². The standard InChI is InChI=1S/C26H38FN3O4S2/c1-7-9-11-18(8-2)17-33-21(31)13-15-35-24-22(19-12-10-14-28-23(19)27)29-20(36-24)16-30(6)25(32)34-26(3,4)5/h10,12,14,18H,7-9,11,13,15-17H2,1-6H3. The van der Waals surface area contributed by atoms with Crippen LogP contribution in [-0.4, -0.2) is 51.9 Å². The first-order chi connectivity index (χ1) is 17.0. The molecule has 2 heterocycles. The zero-order valence-corrected chi connectivity index (χ0v) is 23.8. The fraction of sp³-hybridized carbons (Fsp3) is 0.615. The maximum absolute atomic E-state index is 14.5. The van der Waals surface area contributed by atoms with Crippen LogP contribution in [0.4, 0.5) is 9.18 Å². The smallest absolute Gasteiger partial charge is 0.410 e. The van der Waals surface area contributed by atoms with Crippen molar-refractivity contribution < 1.29 is 23.5 Å². The molecule has 1 unspecified atom stereocenters. The number of esters is 1. The summed E-state index contributed by atoms with van der Waals surface area (Å²) in [6.07, 6.45) is 5.49. The molecule has 0 N–H and O–H groups in total. The van der Waals surface area contributed by atoms with Gasteiger partial charge in [-0.3, -0.25) is 4.79 Å². The molecule has 1 amide bonds. The molecule has 200 valence electrons. The highest BCUT2D eigenvalue weighted by atomic mass is 32.2. The molecule has 1 atom stereocenters. The summed E-state index contributed by atoms with van der Waals surface area (Å²) in [6.45, 7) is 10.4. The average molecular weight is 540 g/mol. The van der Waals surface area contributed by atoms with Crippen LogP contribution in [0.5, 0.6) is 0 Å². The summed E-state index contributed by atoms with van der Waals surface area (Å²) in [5.41, 5.74) is 0.134. The number of aromatic nitrogens is 2. The van der Waals surface area contributed by atoms with E-state index in [2.05, 4.69) is 23.8 Å². The Kier molecular flexibility index (Phi) is 12.1. The Morgan fingerprint density at radius 3 is 2.67 bits per heavy atom. The summed E-state index contributed by atoms with van der Waals surface area (Å²) in [5, 5.41) is 0.633. The molecule has 0 aliphatic heterocycles. The number of hydrogen-bond acceptors (Lipinski definition) is 8. The number of carbonyl (C=O) groups excluding carboxylic acids is 2. The molecule has 0 spiro atoms. The zero-order valence-electron chi connectivity index (χ0n) is 22.1. The van der Waals surface area contributed by atoms with Crippen LogP contribution in [0.25, 0.3) is 11.3 Å². The summed E-state index contributed by atoms with van der Waals surface area (Å²) in [7, 11) is 1.63. The minimum absolute atomic E-state index is 0.216. The first kappa shape index (κ1) is 30.0. The number of hydrogen-bond donors (Lipinski definition) is 0. The van der Waals surface area contributed by atoms with Crippen molar-refractivity contribution in [3.63, 3.8) is 0 Å². The van der Waals surface area contributed by atoms with Crippen LogP contribution >= 0.6 is 23.1 Å². The maximum atomic E-state index is 14.5. The highest BCUT2D eigenvalue weighted by Crippen LogP contribution is 2.37. The van der Waals surface area contributed by atoms with Crippen molar-refractivity contribution in [1.29, 1.82) is 0 Å². The minimum atomic E-state index is -0.617. The fourth-order valence-corrected chi connectivity index (χ4v) is 5.64. The Labute approximate surface area is 222 Å².